The number of amides is 1. The van der Waals surface area contributed by atoms with Gasteiger partial charge in [0.25, 0.3) is 0 Å². The second-order valence-corrected chi connectivity index (χ2v) is 7.58. The van der Waals surface area contributed by atoms with Crippen molar-refractivity contribution in [2.45, 2.75) is 44.8 Å². The maximum atomic E-state index is 12.3. The SMILES string of the molecule is O=C(CCCCc1ccc(Br)cc1)N1CCC(C2OCCO2)CC1. The Balaban J connectivity index is 1.31. The van der Waals surface area contributed by atoms with Crippen LogP contribution < -0.4 is 0 Å². The van der Waals surface area contributed by atoms with Crippen molar-refractivity contribution in [2.24, 2.45) is 5.92 Å². The Bertz CT molecular complexity index is 520. The van der Waals surface area contributed by atoms with Gasteiger partial charge in [-0.1, -0.05) is 28.1 Å². The number of piperidine rings is 1. The summed E-state index contributed by atoms with van der Waals surface area (Å²) in [6, 6.07) is 8.43. The van der Waals surface area contributed by atoms with Gasteiger partial charge >= 0.3 is 0 Å². The van der Waals surface area contributed by atoms with E-state index in [1.807, 2.05) is 4.90 Å². The van der Waals surface area contributed by atoms with E-state index >= 15 is 0 Å². The van der Waals surface area contributed by atoms with Crippen molar-refractivity contribution in [1.29, 1.82) is 0 Å². The van der Waals surface area contributed by atoms with Gasteiger partial charge in [0.1, 0.15) is 0 Å². The third-order valence-electron chi connectivity index (χ3n) is 4.94. The van der Waals surface area contributed by atoms with Crippen molar-refractivity contribution in [2.75, 3.05) is 26.3 Å². The van der Waals surface area contributed by atoms with E-state index in [-0.39, 0.29) is 6.29 Å². The minimum atomic E-state index is -0.0341. The summed E-state index contributed by atoms with van der Waals surface area (Å²) in [6.07, 6.45) is 5.69. The zero-order chi connectivity index (χ0) is 16.8. The van der Waals surface area contributed by atoms with E-state index in [1.165, 1.54) is 5.56 Å². The Morgan fingerprint density at radius 2 is 1.75 bits per heavy atom. The lowest BCUT2D eigenvalue weighted by Gasteiger charge is -2.34. The number of aryl methyl sites for hydroxylation is 1. The van der Waals surface area contributed by atoms with Gasteiger partial charge in [0.2, 0.25) is 5.91 Å². The number of likely N-dealkylation sites (tertiary alicyclic amines) is 1. The summed E-state index contributed by atoms with van der Waals surface area (Å²) in [4.78, 5) is 14.4. The molecule has 1 aromatic rings. The molecule has 0 aromatic heterocycles. The van der Waals surface area contributed by atoms with Gasteiger partial charge in [-0.3, -0.25) is 4.79 Å². The number of halogens is 1. The van der Waals surface area contributed by atoms with E-state index in [0.29, 0.717) is 31.5 Å². The quantitative estimate of drug-likeness (QED) is 0.688. The molecule has 2 aliphatic rings. The van der Waals surface area contributed by atoms with Gasteiger partial charge in [-0.2, -0.15) is 0 Å². The van der Waals surface area contributed by atoms with E-state index < -0.39 is 0 Å². The van der Waals surface area contributed by atoms with E-state index in [9.17, 15) is 4.79 Å². The van der Waals surface area contributed by atoms with Crippen LogP contribution in [0.25, 0.3) is 0 Å². The third kappa shape index (κ3) is 5.04. The molecular formula is C19H26BrNO3. The first kappa shape index (κ1) is 17.9. The van der Waals surface area contributed by atoms with Gasteiger partial charge in [0.15, 0.2) is 6.29 Å². The Morgan fingerprint density at radius 3 is 2.42 bits per heavy atom. The molecule has 24 heavy (non-hydrogen) atoms. The average molecular weight is 396 g/mol. The van der Waals surface area contributed by atoms with E-state index in [0.717, 1.165) is 49.7 Å². The van der Waals surface area contributed by atoms with Gasteiger partial charge in [0.05, 0.1) is 13.2 Å². The van der Waals surface area contributed by atoms with Crippen molar-refractivity contribution in [3.05, 3.63) is 34.3 Å². The van der Waals surface area contributed by atoms with E-state index in [2.05, 4.69) is 40.2 Å². The van der Waals surface area contributed by atoms with Crippen molar-refractivity contribution in [3.63, 3.8) is 0 Å². The molecule has 0 N–H and O–H groups in total. The summed E-state index contributed by atoms with van der Waals surface area (Å²) in [6.45, 7) is 3.11. The van der Waals surface area contributed by atoms with E-state index in [4.69, 9.17) is 9.47 Å². The average Bonchev–Trinajstić information content (AvgIpc) is 3.15. The number of nitrogens with zero attached hydrogens (tertiary/aromatic N) is 1. The zero-order valence-corrected chi connectivity index (χ0v) is 15.7. The molecule has 2 aliphatic heterocycles. The molecule has 4 nitrogen and oxygen atoms in total. The summed E-state index contributed by atoms with van der Waals surface area (Å²) in [5.41, 5.74) is 1.34. The molecule has 0 radical (unpaired) electrons. The molecule has 132 valence electrons. The third-order valence-corrected chi connectivity index (χ3v) is 5.47. The van der Waals surface area contributed by atoms with Crippen molar-refractivity contribution in [3.8, 4) is 0 Å². The van der Waals surface area contributed by atoms with Crippen LogP contribution >= 0.6 is 15.9 Å². The van der Waals surface area contributed by atoms with Crippen molar-refractivity contribution in [1.82, 2.24) is 4.90 Å². The number of carbonyl (C=O) groups excluding carboxylic acids is 1. The van der Waals surface area contributed by atoms with Crippen LogP contribution in [-0.4, -0.2) is 43.4 Å². The molecule has 1 amide bonds. The summed E-state index contributed by atoms with van der Waals surface area (Å²) < 4.78 is 12.3. The molecule has 5 heteroatoms. The summed E-state index contributed by atoms with van der Waals surface area (Å²) in [7, 11) is 0. The lowest BCUT2D eigenvalue weighted by molar-refractivity contribution is -0.137. The number of hydrogen-bond acceptors (Lipinski definition) is 3. The molecule has 2 heterocycles. The monoisotopic (exact) mass is 395 g/mol. The Morgan fingerprint density at radius 1 is 1.08 bits per heavy atom. The minimum Gasteiger partial charge on any atom is -0.350 e. The number of hydrogen-bond donors (Lipinski definition) is 0. The molecule has 0 saturated carbocycles. The second-order valence-electron chi connectivity index (χ2n) is 6.66. The van der Waals surface area contributed by atoms with Crippen LogP contribution in [0.3, 0.4) is 0 Å². The summed E-state index contributed by atoms with van der Waals surface area (Å²) in [5, 5.41) is 0. The number of ether oxygens (including phenoxy) is 2. The topological polar surface area (TPSA) is 38.8 Å². The molecule has 3 rings (SSSR count). The largest absolute Gasteiger partial charge is 0.350 e. The number of benzene rings is 1. The normalized spacial score (nSPS) is 19.8. The lowest BCUT2D eigenvalue weighted by atomic mass is 9.96. The summed E-state index contributed by atoms with van der Waals surface area (Å²) in [5.74, 6) is 0.756. The van der Waals surface area contributed by atoms with Gasteiger partial charge < -0.3 is 14.4 Å². The first-order valence-electron chi connectivity index (χ1n) is 8.98. The van der Waals surface area contributed by atoms with Crippen molar-refractivity contribution >= 4 is 21.8 Å². The second kappa shape index (κ2) is 8.97. The van der Waals surface area contributed by atoms with Gasteiger partial charge in [0, 0.05) is 29.9 Å². The standard InChI is InChI=1S/C19H26BrNO3/c20-17-7-5-15(6-8-17)3-1-2-4-18(22)21-11-9-16(10-12-21)19-23-13-14-24-19/h5-8,16,19H,1-4,9-14H2. The predicted molar refractivity (Wildman–Crippen MR) is 96.7 cm³/mol. The van der Waals surface area contributed by atoms with Gasteiger partial charge in [-0.05, 0) is 49.8 Å². The molecule has 2 saturated heterocycles. The highest BCUT2D eigenvalue weighted by Gasteiger charge is 2.31. The zero-order valence-electron chi connectivity index (χ0n) is 14.1. The number of unbranched alkanes of at least 4 members (excludes halogenated alkanes) is 1. The highest BCUT2D eigenvalue weighted by atomic mass is 79.9. The summed E-state index contributed by atoms with van der Waals surface area (Å²) >= 11 is 3.45. The van der Waals surface area contributed by atoms with Crippen molar-refractivity contribution < 1.29 is 14.3 Å². The molecule has 0 spiro atoms. The molecule has 2 fully saturated rings. The Hall–Kier alpha value is -0.910. The molecule has 0 atom stereocenters. The van der Waals surface area contributed by atoms with Crippen LogP contribution in [0.15, 0.2) is 28.7 Å². The number of rotatable bonds is 6. The first-order chi connectivity index (χ1) is 11.7. The highest BCUT2D eigenvalue weighted by Crippen LogP contribution is 2.26. The van der Waals surface area contributed by atoms with Crippen LogP contribution in [0.1, 0.15) is 37.7 Å². The van der Waals surface area contributed by atoms with Crippen LogP contribution in [-0.2, 0) is 20.7 Å². The van der Waals surface area contributed by atoms with Gasteiger partial charge in [-0.15, -0.1) is 0 Å². The fourth-order valence-electron chi connectivity index (χ4n) is 3.48. The van der Waals surface area contributed by atoms with Crippen LogP contribution in [0, 0.1) is 5.92 Å². The highest BCUT2D eigenvalue weighted by molar-refractivity contribution is 9.10. The van der Waals surface area contributed by atoms with Gasteiger partial charge in [-0.25, -0.2) is 0 Å². The fourth-order valence-corrected chi connectivity index (χ4v) is 3.75. The van der Waals surface area contributed by atoms with E-state index in [1.54, 1.807) is 0 Å². The molecule has 0 unspecified atom stereocenters. The Kier molecular flexibility index (Phi) is 6.69. The van der Waals surface area contributed by atoms with Crippen LogP contribution in [0.4, 0.5) is 0 Å². The predicted octanol–water partition coefficient (Wildman–Crippen LogP) is 3.77. The molecular weight excluding hydrogens is 370 g/mol. The van der Waals surface area contributed by atoms with Crippen LogP contribution in [0.2, 0.25) is 0 Å². The maximum Gasteiger partial charge on any atom is 0.222 e. The lowest BCUT2D eigenvalue weighted by Crippen LogP contribution is -2.41. The minimum absolute atomic E-state index is 0.0341. The molecule has 1 aromatic carbocycles. The fraction of sp³-hybridized carbons (Fsp3) is 0.632. The smallest absolute Gasteiger partial charge is 0.222 e. The molecule has 0 bridgehead atoms. The Labute approximate surface area is 152 Å². The van der Waals surface area contributed by atoms with Crippen LogP contribution in [0.5, 0.6) is 0 Å². The molecule has 0 aliphatic carbocycles. The number of carbonyl (C=O) groups is 1. The first-order valence-corrected chi connectivity index (χ1v) is 9.77. The maximum absolute atomic E-state index is 12.3.